The minimum atomic E-state index is -0.437. The number of rotatable bonds is 9. The highest BCUT2D eigenvalue weighted by Gasteiger charge is 2.06. The second-order valence-electron chi connectivity index (χ2n) is 6.38. The molecule has 1 heterocycles. The molecule has 29 heavy (non-hydrogen) atoms. The molecular formula is C20H20ClN5O3. The van der Waals surface area contributed by atoms with Crippen LogP contribution in [0.5, 0.6) is 0 Å². The highest BCUT2D eigenvalue weighted by Crippen LogP contribution is 2.15. The van der Waals surface area contributed by atoms with Gasteiger partial charge in [-0.15, -0.1) is 0 Å². The molecular weight excluding hydrogens is 394 g/mol. The van der Waals surface area contributed by atoms with E-state index in [4.69, 9.17) is 11.6 Å². The van der Waals surface area contributed by atoms with Gasteiger partial charge in [0, 0.05) is 54.1 Å². The Bertz CT molecular complexity index is 971. The van der Waals surface area contributed by atoms with Gasteiger partial charge in [-0.05, 0) is 42.8 Å². The largest absolute Gasteiger partial charge is 0.385 e. The van der Waals surface area contributed by atoms with Gasteiger partial charge >= 0.3 is 0 Å². The van der Waals surface area contributed by atoms with Gasteiger partial charge in [0.25, 0.3) is 5.69 Å². The molecule has 2 aromatic carbocycles. The molecule has 0 atom stereocenters. The predicted octanol–water partition coefficient (Wildman–Crippen LogP) is 3.94. The van der Waals surface area contributed by atoms with E-state index in [1.807, 2.05) is 18.3 Å². The number of carbonyl (C=O) groups is 1. The molecule has 3 aromatic rings. The molecule has 150 valence electrons. The fourth-order valence-electron chi connectivity index (χ4n) is 2.66. The van der Waals surface area contributed by atoms with Crippen LogP contribution in [0.2, 0.25) is 5.02 Å². The van der Waals surface area contributed by atoms with Gasteiger partial charge in [0.1, 0.15) is 0 Å². The average molecular weight is 414 g/mol. The fourth-order valence-corrected chi connectivity index (χ4v) is 2.78. The Morgan fingerprint density at radius 3 is 2.55 bits per heavy atom. The quantitative estimate of drug-likeness (QED) is 0.314. The SMILES string of the molecule is O=C(CCCNc1ccc([N+](=O)[O-])cc1)NCc1cnn(-c2ccc(Cl)cc2)c1. The average Bonchev–Trinajstić information content (AvgIpc) is 3.19. The maximum Gasteiger partial charge on any atom is 0.269 e. The third-order valence-electron chi connectivity index (χ3n) is 4.20. The zero-order chi connectivity index (χ0) is 20.6. The van der Waals surface area contributed by atoms with E-state index in [9.17, 15) is 14.9 Å². The maximum absolute atomic E-state index is 12.0. The summed E-state index contributed by atoms with van der Waals surface area (Å²) in [6.45, 7) is 1.00. The number of amides is 1. The Balaban J connectivity index is 1.37. The molecule has 0 aliphatic heterocycles. The smallest absolute Gasteiger partial charge is 0.269 e. The minimum Gasteiger partial charge on any atom is -0.385 e. The third kappa shape index (κ3) is 6.05. The van der Waals surface area contributed by atoms with Gasteiger partial charge in [0.05, 0.1) is 16.8 Å². The first-order chi connectivity index (χ1) is 14.0. The van der Waals surface area contributed by atoms with E-state index < -0.39 is 4.92 Å². The van der Waals surface area contributed by atoms with Crippen molar-refractivity contribution in [1.29, 1.82) is 0 Å². The van der Waals surface area contributed by atoms with Crippen LogP contribution in [0.4, 0.5) is 11.4 Å². The van der Waals surface area contributed by atoms with Gasteiger partial charge in [0.15, 0.2) is 0 Å². The van der Waals surface area contributed by atoms with Crippen LogP contribution in [-0.4, -0.2) is 27.2 Å². The fraction of sp³-hybridized carbons (Fsp3) is 0.200. The summed E-state index contributed by atoms with van der Waals surface area (Å²) in [5.41, 5.74) is 2.63. The van der Waals surface area contributed by atoms with E-state index in [1.165, 1.54) is 12.1 Å². The van der Waals surface area contributed by atoms with Crippen molar-refractivity contribution in [2.24, 2.45) is 0 Å². The number of nitro groups is 1. The van der Waals surface area contributed by atoms with Crippen molar-refractivity contribution in [3.63, 3.8) is 0 Å². The van der Waals surface area contributed by atoms with Crippen LogP contribution < -0.4 is 10.6 Å². The number of halogens is 1. The van der Waals surface area contributed by atoms with Crippen LogP contribution in [0.15, 0.2) is 60.9 Å². The van der Waals surface area contributed by atoms with Crippen molar-refractivity contribution in [2.45, 2.75) is 19.4 Å². The first-order valence-electron chi connectivity index (χ1n) is 9.06. The monoisotopic (exact) mass is 413 g/mol. The summed E-state index contributed by atoms with van der Waals surface area (Å²) in [5.74, 6) is -0.0465. The van der Waals surface area contributed by atoms with Crippen molar-refractivity contribution >= 4 is 28.9 Å². The van der Waals surface area contributed by atoms with Crippen LogP contribution >= 0.6 is 11.6 Å². The zero-order valence-electron chi connectivity index (χ0n) is 15.5. The van der Waals surface area contributed by atoms with Gasteiger partial charge in [-0.3, -0.25) is 14.9 Å². The number of nitro benzene ring substituents is 1. The number of nitrogens with zero attached hydrogens (tertiary/aromatic N) is 3. The lowest BCUT2D eigenvalue weighted by Crippen LogP contribution is -2.22. The molecule has 0 bridgehead atoms. The highest BCUT2D eigenvalue weighted by atomic mass is 35.5. The number of aromatic nitrogens is 2. The number of anilines is 1. The maximum atomic E-state index is 12.0. The molecule has 8 nitrogen and oxygen atoms in total. The number of nitrogens with one attached hydrogen (secondary N) is 2. The molecule has 0 saturated heterocycles. The Kier molecular flexibility index (Phi) is 6.80. The minimum absolute atomic E-state index is 0.0465. The molecule has 1 aromatic heterocycles. The number of hydrogen-bond acceptors (Lipinski definition) is 5. The first kappa shape index (κ1) is 20.3. The zero-order valence-corrected chi connectivity index (χ0v) is 16.3. The number of carbonyl (C=O) groups excluding carboxylic acids is 1. The standard InChI is InChI=1S/C20H20ClN5O3/c21-16-3-7-18(8-4-16)25-14-15(13-24-25)12-23-20(27)2-1-11-22-17-5-9-19(10-6-17)26(28)29/h3-10,13-14,22H,1-2,11-12H2,(H,23,27). The Hall–Kier alpha value is -3.39. The summed E-state index contributed by atoms with van der Waals surface area (Å²) < 4.78 is 1.73. The third-order valence-corrected chi connectivity index (χ3v) is 4.46. The van der Waals surface area contributed by atoms with Crippen molar-refractivity contribution in [1.82, 2.24) is 15.1 Å². The number of non-ortho nitro benzene ring substituents is 1. The summed E-state index contributed by atoms with van der Waals surface area (Å²) in [4.78, 5) is 22.2. The molecule has 0 saturated carbocycles. The van der Waals surface area contributed by atoms with E-state index in [0.29, 0.717) is 31.0 Å². The van der Waals surface area contributed by atoms with E-state index in [2.05, 4.69) is 15.7 Å². The summed E-state index contributed by atoms with van der Waals surface area (Å²) in [5, 5.41) is 21.6. The van der Waals surface area contributed by atoms with Crippen molar-refractivity contribution in [3.05, 3.63) is 81.6 Å². The second kappa shape index (κ2) is 9.70. The Labute approximate surface area is 172 Å². The van der Waals surface area contributed by atoms with E-state index in [1.54, 1.807) is 35.1 Å². The molecule has 9 heteroatoms. The van der Waals surface area contributed by atoms with Crippen LogP contribution in [0, 0.1) is 10.1 Å². The summed E-state index contributed by atoms with van der Waals surface area (Å²) in [6.07, 6.45) is 4.60. The van der Waals surface area contributed by atoms with Gasteiger partial charge in [0.2, 0.25) is 5.91 Å². The highest BCUT2D eigenvalue weighted by molar-refractivity contribution is 6.30. The molecule has 0 fully saturated rings. The van der Waals surface area contributed by atoms with Crippen LogP contribution in [0.3, 0.4) is 0 Å². The van der Waals surface area contributed by atoms with Gasteiger partial charge in [-0.25, -0.2) is 4.68 Å². The molecule has 0 aliphatic rings. The lowest BCUT2D eigenvalue weighted by Gasteiger charge is -2.06. The van der Waals surface area contributed by atoms with Crippen LogP contribution in [0.25, 0.3) is 5.69 Å². The topological polar surface area (TPSA) is 102 Å². The first-order valence-corrected chi connectivity index (χ1v) is 9.43. The summed E-state index contributed by atoms with van der Waals surface area (Å²) in [7, 11) is 0. The van der Waals surface area contributed by atoms with E-state index in [0.717, 1.165) is 16.9 Å². The molecule has 0 unspecified atom stereocenters. The van der Waals surface area contributed by atoms with Gasteiger partial charge in [-0.2, -0.15) is 5.10 Å². The molecule has 0 aliphatic carbocycles. The van der Waals surface area contributed by atoms with Crippen molar-refractivity contribution in [3.8, 4) is 5.69 Å². The lowest BCUT2D eigenvalue weighted by atomic mass is 10.2. The molecule has 2 N–H and O–H groups in total. The summed E-state index contributed by atoms with van der Waals surface area (Å²) >= 11 is 5.89. The van der Waals surface area contributed by atoms with E-state index >= 15 is 0 Å². The van der Waals surface area contributed by atoms with Crippen molar-refractivity contribution in [2.75, 3.05) is 11.9 Å². The Morgan fingerprint density at radius 1 is 1.14 bits per heavy atom. The molecule has 0 spiro atoms. The summed E-state index contributed by atoms with van der Waals surface area (Å²) in [6, 6.07) is 13.5. The lowest BCUT2D eigenvalue weighted by molar-refractivity contribution is -0.384. The van der Waals surface area contributed by atoms with Gasteiger partial charge in [-0.1, -0.05) is 11.6 Å². The van der Waals surface area contributed by atoms with Crippen molar-refractivity contribution < 1.29 is 9.72 Å². The van der Waals surface area contributed by atoms with E-state index in [-0.39, 0.29) is 11.6 Å². The predicted molar refractivity (Wildman–Crippen MR) is 111 cm³/mol. The van der Waals surface area contributed by atoms with Crippen LogP contribution in [-0.2, 0) is 11.3 Å². The normalized spacial score (nSPS) is 10.5. The van der Waals surface area contributed by atoms with Gasteiger partial charge < -0.3 is 10.6 Å². The molecule has 3 rings (SSSR count). The molecule has 1 amide bonds. The van der Waals surface area contributed by atoms with Crippen LogP contribution in [0.1, 0.15) is 18.4 Å². The number of benzene rings is 2. The number of hydrogen-bond donors (Lipinski definition) is 2. The molecule has 0 radical (unpaired) electrons. The second-order valence-corrected chi connectivity index (χ2v) is 6.82. The Morgan fingerprint density at radius 2 is 1.86 bits per heavy atom.